The van der Waals surface area contributed by atoms with E-state index in [0.29, 0.717) is 19.4 Å². The lowest BCUT2D eigenvalue weighted by Gasteiger charge is -2.40. The largest absolute Gasteiger partial charge is 0.466 e. The second-order valence-electron chi connectivity index (χ2n) is 22.5. The quantitative estimate of drug-likeness (QED) is 0.0195. The molecular formula is C64H121NO10. The molecule has 0 aromatic carbocycles. The van der Waals surface area contributed by atoms with Gasteiger partial charge in [0.2, 0.25) is 5.91 Å². The molecule has 75 heavy (non-hydrogen) atoms. The van der Waals surface area contributed by atoms with Crippen molar-refractivity contribution in [3.63, 3.8) is 0 Å². The average molecular weight is 1060 g/mol. The summed E-state index contributed by atoms with van der Waals surface area (Å²) in [6.07, 6.45) is 55.8. The lowest BCUT2D eigenvalue weighted by Crippen LogP contribution is -2.60. The lowest BCUT2D eigenvalue weighted by molar-refractivity contribution is -0.302. The molecule has 0 radical (unpaired) electrons. The fraction of sp³-hybridized carbons (Fsp3) is 0.906. The Kier molecular flexibility index (Phi) is 51.3. The number of unbranched alkanes of at least 4 members (excludes halogenated alkanes) is 40. The number of nitrogens with one attached hydrogen (secondary N) is 1. The van der Waals surface area contributed by atoms with E-state index in [9.17, 15) is 35.1 Å². The van der Waals surface area contributed by atoms with Crippen LogP contribution in [0.2, 0.25) is 0 Å². The average Bonchev–Trinajstić information content (AvgIpc) is 3.41. The molecule has 0 aromatic rings. The van der Waals surface area contributed by atoms with Gasteiger partial charge in [0.1, 0.15) is 24.4 Å². The highest BCUT2D eigenvalue weighted by Crippen LogP contribution is 2.23. The normalized spacial score (nSPS) is 18.8. The van der Waals surface area contributed by atoms with E-state index >= 15 is 0 Å². The van der Waals surface area contributed by atoms with Crippen LogP contribution in [-0.2, 0) is 23.8 Å². The minimum absolute atomic E-state index is 0.00592. The van der Waals surface area contributed by atoms with Crippen LogP contribution in [0.1, 0.15) is 309 Å². The van der Waals surface area contributed by atoms with Gasteiger partial charge in [0, 0.05) is 12.8 Å². The zero-order valence-electron chi connectivity index (χ0n) is 48.8. The number of amides is 1. The zero-order chi connectivity index (χ0) is 54.5. The number of carbonyl (C=O) groups excluding carboxylic acids is 2. The molecule has 1 amide bonds. The molecule has 1 aliphatic heterocycles. The molecule has 11 nitrogen and oxygen atoms in total. The second-order valence-corrected chi connectivity index (χ2v) is 22.5. The monoisotopic (exact) mass is 1060 g/mol. The second kappa shape index (κ2) is 54.1. The van der Waals surface area contributed by atoms with Crippen molar-refractivity contribution in [1.29, 1.82) is 0 Å². The number of esters is 1. The fourth-order valence-corrected chi connectivity index (χ4v) is 10.2. The van der Waals surface area contributed by atoms with E-state index < -0.39 is 49.5 Å². The highest BCUT2D eigenvalue weighted by atomic mass is 16.7. The molecule has 1 heterocycles. The number of carbonyl (C=O) groups is 2. The molecule has 0 saturated carbocycles. The van der Waals surface area contributed by atoms with Gasteiger partial charge in [0.15, 0.2) is 6.29 Å². The van der Waals surface area contributed by atoms with Gasteiger partial charge in [0.25, 0.3) is 0 Å². The number of allylic oxidation sites excluding steroid dienone is 3. The van der Waals surface area contributed by atoms with E-state index in [1.54, 1.807) is 6.08 Å². The van der Waals surface area contributed by atoms with E-state index in [2.05, 4.69) is 31.3 Å². The van der Waals surface area contributed by atoms with Gasteiger partial charge in [-0.2, -0.15) is 0 Å². The molecule has 7 unspecified atom stereocenters. The maximum atomic E-state index is 13.0. The Labute approximate surface area is 461 Å². The third kappa shape index (κ3) is 43.7. The van der Waals surface area contributed by atoms with E-state index in [-0.39, 0.29) is 18.5 Å². The van der Waals surface area contributed by atoms with Crippen LogP contribution in [0.4, 0.5) is 0 Å². The summed E-state index contributed by atoms with van der Waals surface area (Å²) >= 11 is 0. The third-order valence-electron chi connectivity index (χ3n) is 15.3. The maximum absolute atomic E-state index is 13.0. The van der Waals surface area contributed by atoms with Gasteiger partial charge in [-0.05, 0) is 57.8 Å². The van der Waals surface area contributed by atoms with Crippen LogP contribution >= 0.6 is 0 Å². The van der Waals surface area contributed by atoms with Gasteiger partial charge in [-0.3, -0.25) is 9.59 Å². The molecule has 1 saturated heterocycles. The topological polar surface area (TPSA) is 175 Å². The van der Waals surface area contributed by atoms with Crippen molar-refractivity contribution >= 4 is 11.9 Å². The number of rotatable bonds is 56. The molecular weight excluding hydrogens is 943 g/mol. The van der Waals surface area contributed by atoms with Crippen molar-refractivity contribution in [3.05, 3.63) is 24.3 Å². The molecule has 1 rings (SSSR count). The molecule has 0 aromatic heterocycles. The minimum Gasteiger partial charge on any atom is -0.466 e. The number of hydrogen-bond donors (Lipinski definition) is 6. The zero-order valence-corrected chi connectivity index (χ0v) is 48.8. The predicted octanol–water partition coefficient (Wildman–Crippen LogP) is 15.3. The SMILES string of the molecule is CCCCCCCCC/C=C/C(O)C(COC1OC(CO)C(O)C(O)C1O)NC(=O)CCCCCCCCC/C=C\CCCCCCCCCCOC(=O)CCCCCCCCCCCCCCCCCCCCC. The Morgan fingerprint density at radius 2 is 0.853 bits per heavy atom. The molecule has 7 atom stereocenters. The van der Waals surface area contributed by atoms with Crippen LogP contribution < -0.4 is 5.32 Å². The van der Waals surface area contributed by atoms with Gasteiger partial charge >= 0.3 is 5.97 Å². The van der Waals surface area contributed by atoms with Crippen molar-refractivity contribution < 1.29 is 49.3 Å². The maximum Gasteiger partial charge on any atom is 0.305 e. The van der Waals surface area contributed by atoms with Crippen molar-refractivity contribution in [2.45, 2.75) is 352 Å². The van der Waals surface area contributed by atoms with Crippen molar-refractivity contribution in [3.8, 4) is 0 Å². The highest BCUT2D eigenvalue weighted by molar-refractivity contribution is 5.76. The van der Waals surface area contributed by atoms with E-state index in [1.165, 1.54) is 205 Å². The van der Waals surface area contributed by atoms with Crippen LogP contribution in [0.25, 0.3) is 0 Å². The molecule has 11 heteroatoms. The third-order valence-corrected chi connectivity index (χ3v) is 15.3. The molecule has 1 aliphatic rings. The summed E-state index contributed by atoms with van der Waals surface area (Å²) in [4.78, 5) is 25.1. The summed E-state index contributed by atoms with van der Waals surface area (Å²) in [7, 11) is 0. The van der Waals surface area contributed by atoms with Crippen LogP contribution in [0, 0.1) is 0 Å². The van der Waals surface area contributed by atoms with Crippen molar-refractivity contribution in [2.24, 2.45) is 0 Å². The summed E-state index contributed by atoms with van der Waals surface area (Å²) in [5.41, 5.74) is 0. The van der Waals surface area contributed by atoms with E-state index in [4.69, 9.17) is 14.2 Å². The molecule has 6 N–H and O–H groups in total. The first-order valence-corrected chi connectivity index (χ1v) is 32.1. The number of aliphatic hydroxyl groups is 5. The smallest absolute Gasteiger partial charge is 0.305 e. The molecule has 442 valence electrons. The van der Waals surface area contributed by atoms with Crippen LogP contribution in [-0.4, -0.2) is 100 Å². The summed E-state index contributed by atoms with van der Waals surface area (Å²) in [6.45, 7) is 4.32. The molecule has 0 bridgehead atoms. The fourth-order valence-electron chi connectivity index (χ4n) is 10.2. The number of ether oxygens (including phenoxy) is 3. The standard InChI is InChI=1S/C64H121NO10/c1-3-5-7-9-11-13-14-15-16-17-19-23-26-29-32-36-40-44-48-52-60(69)73-53-49-45-41-37-33-30-27-24-21-18-20-22-25-28-31-35-39-43-47-51-59(68)65-56(57(67)50-46-42-38-34-12-10-8-6-4-2)55-74-64-63(72)62(71)61(70)58(54-66)75-64/h18,20,46,50,56-58,61-64,66-67,70-72H,3-17,19,21-45,47-49,51-55H2,1-2H3,(H,65,68)/b20-18-,50-46+. The van der Waals surface area contributed by atoms with Gasteiger partial charge in [-0.15, -0.1) is 0 Å². The number of aliphatic hydroxyl groups excluding tert-OH is 5. The van der Waals surface area contributed by atoms with Crippen molar-refractivity contribution in [2.75, 3.05) is 19.8 Å². The molecule has 0 spiro atoms. The summed E-state index contributed by atoms with van der Waals surface area (Å²) in [5, 5.41) is 54.2. The Hall–Kier alpha value is -1.86. The first-order chi connectivity index (χ1) is 36.7. The predicted molar refractivity (Wildman–Crippen MR) is 311 cm³/mol. The van der Waals surface area contributed by atoms with Gasteiger partial charge in [-0.25, -0.2) is 0 Å². The van der Waals surface area contributed by atoms with Crippen LogP contribution in [0.15, 0.2) is 24.3 Å². The Morgan fingerprint density at radius 1 is 0.480 bits per heavy atom. The highest BCUT2D eigenvalue weighted by Gasteiger charge is 2.44. The van der Waals surface area contributed by atoms with Crippen LogP contribution in [0.3, 0.4) is 0 Å². The summed E-state index contributed by atoms with van der Waals surface area (Å²) in [5.74, 6) is -0.199. The lowest BCUT2D eigenvalue weighted by atomic mass is 9.99. The number of hydrogen-bond acceptors (Lipinski definition) is 10. The Bertz CT molecular complexity index is 1300. The minimum atomic E-state index is -1.57. The molecule has 1 fully saturated rings. The van der Waals surface area contributed by atoms with E-state index in [0.717, 1.165) is 77.0 Å². The van der Waals surface area contributed by atoms with E-state index in [1.807, 2.05) is 6.08 Å². The van der Waals surface area contributed by atoms with Gasteiger partial charge in [-0.1, -0.05) is 263 Å². The Balaban J connectivity index is 1.98. The summed E-state index contributed by atoms with van der Waals surface area (Å²) < 4.78 is 16.7. The molecule has 0 aliphatic carbocycles. The Morgan fingerprint density at radius 3 is 1.28 bits per heavy atom. The van der Waals surface area contributed by atoms with Gasteiger partial charge < -0.3 is 45.1 Å². The first-order valence-electron chi connectivity index (χ1n) is 32.1. The first kappa shape index (κ1) is 71.2. The van der Waals surface area contributed by atoms with Crippen LogP contribution in [0.5, 0.6) is 0 Å². The van der Waals surface area contributed by atoms with Crippen molar-refractivity contribution in [1.82, 2.24) is 5.32 Å². The summed E-state index contributed by atoms with van der Waals surface area (Å²) in [6, 6.07) is -0.815. The van der Waals surface area contributed by atoms with Gasteiger partial charge in [0.05, 0.1) is 32.0 Å².